The lowest BCUT2D eigenvalue weighted by Crippen LogP contribution is -2.47. The van der Waals surface area contributed by atoms with Crippen LogP contribution in [0.3, 0.4) is 0 Å². The normalized spacial score (nSPS) is 14.6. The molecule has 0 radical (unpaired) electrons. The van der Waals surface area contributed by atoms with E-state index >= 15 is 0 Å². The molecule has 0 saturated carbocycles. The molecular weight excluding hydrogens is 234 g/mol. The van der Waals surface area contributed by atoms with Crippen molar-refractivity contribution >= 4 is 11.6 Å². The Morgan fingerprint density at radius 2 is 2.28 bits per heavy atom. The van der Waals surface area contributed by atoms with Crippen LogP contribution in [-0.2, 0) is 7.05 Å². The van der Waals surface area contributed by atoms with Gasteiger partial charge in [0.2, 0.25) is 0 Å². The van der Waals surface area contributed by atoms with Crippen molar-refractivity contribution in [3.05, 3.63) is 11.9 Å². The molecule has 0 aliphatic heterocycles. The molecule has 0 aliphatic rings. The van der Waals surface area contributed by atoms with Crippen LogP contribution in [0.5, 0.6) is 0 Å². The summed E-state index contributed by atoms with van der Waals surface area (Å²) in [6.07, 6.45) is 1.56. The van der Waals surface area contributed by atoms with Crippen molar-refractivity contribution in [2.75, 3.05) is 32.9 Å². The molecule has 7 nitrogen and oxygen atoms in total. The summed E-state index contributed by atoms with van der Waals surface area (Å²) in [4.78, 5) is 13.7. The Morgan fingerprint density at radius 1 is 1.67 bits per heavy atom. The molecule has 1 heterocycles. The van der Waals surface area contributed by atoms with Crippen LogP contribution >= 0.6 is 0 Å². The Labute approximate surface area is 107 Å². The first-order chi connectivity index (χ1) is 8.21. The largest absolute Gasteiger partial charge is 0.396 e. The molecule has 4 N–H and O–H groups in total. The number of nitrogens with one attached hydrogen (secondary N) is 1. The molecule has 1 aromatic rings. The summed E-state index contributed by atoms with van der Waals surface area (Å²) < 4.78 is 1.47. The molecule has 1 rings (SSSR count). The van der Waals surface area contributed by atoms with Gasteiger partial charge in [-0.1, -0.05) is 0 Å². The number of carbonyl (C=O) groups is 1. The van der Waals surface area contributed by atoms with E-state index in [1.54, 1.807) is 20.2 Å². The molecule has 1 aromatic heterocycles. The highest BCUT2D eigenvalue weighted by Gasteiger charge is 2.23. The average molecular weight is 255 g/mol. The van der Waals surface area contributed by atoms with Crippen molar-refractivity contribution in [1.82, 2.24) is 20.0 Å². The molecule has 1 atom stereocenters. The molecule has 1 amide bonds. The number of aromatic nitrogens is 2. The molecular formula is C11H21N5O2. The number of nitrogens with zero attached hydrogens (tertiary/aromatic N) is 3. The maximum Gasteiger partial charge on any atom is 0.274 e. The van der Waals surface area contributed by atoms with Crippen LogP contribution in [0.1, 0.15) is 17.4 Å². The Balaban J connectivity index is 2.59. The number of nitrogen functional groups attached to an aromatic ring is 1. The van der Waals surface area contributed by atoms with E-state index in [-0.39, 0.29) is 18.1 Å². The van der Waals surface area contributed by atoms with E-state index in [2.05, 4.69) is 10.4 Å². The second-order valence-electron chi connectivity index (χ2n) is 5.02. The van der Waals surface area contributed by atoms with Crippen LogP contribution < -0.4 is 11.1 Å². The zero-order valence-corrected chi connectivity index (χ0v) is 11.3. The second-order valence-corrected chi connectivity index (χ2v) is 5.02. The quantitative estimate of drug-likeness (QED) is 0.630. The van der Waals surface area contributed by atoms with Gasteiger partial charge in [0.05, 0.1) is 11.3 Å². The van der Waals surface area contributed by atoms with E-state index in [4.69, 9.17) is 5.73 Å². The van der Waals surface area contributed by atoms with E-state index < -0.39 is 5.60 Å². The molecule has 0 aromatic carbocycles. The third-order valence-electron chi connectivity index (χ3n) is 2.36. The number of carbonyl (C=O) groups excluding carboxylic acids is 1. The molecule has 0 saturated heterocycles. The zero-order chi connectivity index (χ0) is 13.9. The number of amides is 1. The number of rotatable bonds is 5. The van der Waals surface area contributed by atoms with Gasteiger partial charge in [-0.3, -0.25) is 9.48 Å². The highest BCUT2D eigenvalue weighted by Crippen LogP contribution is 2.08. The minimum atomic E-state index is -0.997. The van der Waals surface area contributed by atoms with E-state index in [1.165, 1.54) is 4.68 Å². The van der Waals surface area contributed by atoms with Gasteiger partial charge in [0.1, 0.15) is 0 Å². The fraction of sp³-hybridized carbons (Fsp3) is 0.636. The lowest BCUT2D eigenvalue weighted by Gasteiger charge is -2.26. The maximum absolute atomic E-state index is 11.8. The number of hydrogen-bond donors (Lipinski definition) is 3. The average Bonchev–Trinajstić information content (AvgIpc) is 2.52. The molecule has 7 heteroatoms. The van der Waals surface area contributed by atoms with Crippen LogP contribution in [0.2, 0.25) is 0 Å². The van der Waals surface area contributed by atoms with Crippen molar-refractivity contribution in [2.24, 2.45) is 7.05 Å². The van der Waals surface area contributed by atoms with E-state index in [0.29, 0.717) is 12.2 Å². The van der Waals surface area contributed by atoms with Crippen LogP contribution in [-0.4, -0.2) is 58.5 Å². The van der Waals surface area contributed by atoms with Gasteiger partial charge in [-0.25, -0.2) is 0 Å². The number of anilines is 1. The highest BCUT2D eigenvalue weighted by molar-refractivity contribution is 5.97. The molecule has 102 valence electrons. The van der Waals surface area contributed by atoms with Gasteiger partial charge in [-0.05, 0) is 21.0 Å². The third-order valence-corrected chi connectivity index (χ3v) is 2.36. The number of likely N-dealkylation sites (N-methyl/N-ethyl adjacent to an activating group) is 1. The summed E-state index contributed by atoms with van der Waals surface area (Å²) in [5, 5.41) is 16.6. The number of aliphatic hydroxyl groups is 1. The first kappa shape index (κ1) is 14.5. The van der Waals surface area contributed by atoms with Gasteiger partial charge < -0.3 is 21.1 Å². The van der Waals surface area contributed by atoms with Gasteiger partial charge >= 0.3 is 0 Å². The van der Waals surface area contributed by atoms with Crippen LogP contribution in [0, 0.1) is 0 Å². The van der Waals surface area contributed by atoms with Gasteiger partial charge in [-0.15, -0.1) is 0 Å². The summed E-state index contributed by atoms with van der Waals surface area (Å²) in [5.74, 6) is -0.382. The second kappa shape index (κ2) is 5.36. The topological polar surface area (TPSA) is 96.4 Å². The van der Waals surface area contributed by atoms with E-state index in [9.17, 15) is 9.90 Å². The van der Waals surface area contributed by atoms with Gasteiger partial charge in [0.15, 0.2) is 5.69 Å². The smallest absolute Gasteiger partial charge is 0.274 e. The summed E-state index contributed by atoms with van der Waals surface area (Å²) in [7, 11) is 5.40. The lowest BCUT2D eigenvalue weighted by molar-refractivity contribution is 0.0325. The molecule has 0 bridgehead atoms. The monoisotopic (exact) mass is 255 g/mol. The number of hydrogen-bond acceptors (Lipinski definition) is 5. The van der Waals surface area contributed by atoms with Crippen molar-refractivity contribution < 1.29 is 9.90 Å². The van der Waals surface area contributed by atoms with Crippen LogP contribution in [0.25, 0.3) is 0 Å². The fourth-order valence-electron chi connectivity index (χ4n) is 1.77. The molecule has 0 fully saturated rings. The van der Waals surface area contributed by atoms with E-state index in [1.807, 2.05) is 19.0 Å². The van der Waals surface area contributed by atoms with Crippen molar-refractivity contribution in [3.63, 3.8) is 0 Å². The first-order valence-electron chi connectivity index (χ1n) is 5.66. The number of nitrogens with two attached hydrogens (primary N) is 1. The summed E-state index contributed by atoms with van der Waals surface area (Å²) in [6.45, 7) is 2.25. The molecule has 0 spiro atoms. The van der Waals surface area contributed by atoms with Gasteiger partial charge in [-0.2, -0.15) is 5.10 Å². The Bertz CT molecular complexity index is 425. The predicted octanol–water partition coefficient (Wildman–Crippen LogP) is -0.955. The highest BCUT2D eigenvalue weighted by atomic mass is 16.3. The van der Waals surface area contributed by atoms with Crippen molar-refractivity contribution in [1.29, 1.82) is 0 Å². The standard InChI is InChI=1S/C11H21N5O2/c1-11(18,7-15(2)3)6-13-10(17)9-8(12)5-16(4)14-9/h5,18H,6-7,12H2,1-4H3,(H,13,17). The maximum atomic E-state index is 11.8. The zero-order valence-electron chi connectivity index (χ0n) is 11.3. The Morgan fingerprint density at radius 3 is 2.72 bits per heavy atom. The summed E-state index contributed by atoms with van der Waals surface area (Å²) in [6, 6.07) is 0. The van der Waals surface area contributed by atoms with Crippen molar-refractivity contribution in [3.8, 4) is 0 Å². The van der Waals surface area contributed by atoms with Gasteiger partial charge in [0.25, 0.3) is 5.91 Å². The predicted molar refractivity (Wildman–Crippen MR) is 69.1 cm³/mol. The van der Waals surface area contributed by atoms with E-state index in [0.717, 1.165) is 0 Å². The minimum absolute atomic E-state index is 0.139. The summed E-state index contributed by atoms with van der Waals surface area (Å²) in [5.41, 5.74) is 5.15. The number of aryl methyl sites for hydroxylation is 1. The van der Waals surface area contributed by atoms with Crippen molar-refractivity contribution in [2.45, 2.75) is 12.5 Å². The molecule has 0 aliphatic carbocycles. The van der Waals surface area contributed by atoms with Gasteiger partial charge in [0, 0.05) is 26.3 Å². The molecule has 1 unspecified atom stereocenters. The Hall–Kier alpha value is -1.60. The lowest BCUT2D eigenvalue weighted by atomic mass is 10.1. The van der Waals surface area contributed by atoms with Crippen LogP contribution in [0.15, 0.2) is 6.20 Å². The fourth-order valence-corrected chi connectivity index (χ4v) is 1.77. The minimum Gasteiger partial charge on any atom is -0.396 e. The summed E-state index contributed by atoms with van der Waals surface area (Å²) >= 11 is 0. The third kappa shape index (κ3) is 4.01. The first-order valence-corrected chi connectivity index (χ1v) is 5.66. The SMILES string of the molecule is CN(C)CC(C)(O)CNC(=O)c1nn(C)cc1N. The Kier molecular flexibility index (Phi) is 4.31. The molecule has 18 heavy (non-hydrogen) atoms. The van der Waals surface area contributed by atoms with Crippen LogP contribution in [0.4, 0.5) is 5.69 Å².